The van der Waals surface area contributed by atoms with Crippen LogP contribution in [0.5, 0.6) is 0 Å². The first-order valence-corrected chi connectivity index (χ1v) is 11.9. The molecule has 0 saturated heterocycles. The van der Waals surface area contributed by atoms with Crippen molar-refractivity contribution in [1.82, 2.24) is 19.4 Å². The zero-order valence-electron chi connectivity index (χ0n) is 19.4. The number of fused-ring (bicyclic) bond motifs is 1. The Labute approximate surface area is 209 Å². The van der Waals surface area contributed by atoms with Gasteiger partial charge in [0.2, 0.25) is 0 Å². The van der Waals surface area contributed by atoms with E-state index in [1.165, 1.54) is 0 Å². The molecule has 2 aromatic heterocycles. The molecule has 35 heavy (non-hydrogen) atoms. The van der Waals surface area contributed by atoms with E-state index in [9.17, 15) is 9.90 Å². The molecule has 0 bridgehead atoms. The molecular weight excluding hydrogens is 462 g/mol. The molecule has 178 valence electrons. The van der Waals surface area contributed by atoms with Gasteiger partial charge in [-0.25, -0.2) is 9.78 Å². The van der Waals surface area contributed by atoms with Crippen molar-refractivity contribution in [2.24, 2.45) is 0 Å². The molecular formula is C27H26ClN5O2. The van der Waals surface area contributed by atoms with Crippen molar-refractivity contribution in [3.63, 3.8) is 0 Å². The van der Waals surface area contributed by atoms with Crippen LogP contribution >= 0.6 is 11.6 Å². The van der Waals surface area contributed by atoms with Crippen molar-refractivity contribution >= 4 is 23.4 Å². The molecule has 1 N–H and O–H groups in total. The van der Waals surface area contributed by atoms with Crippen molar-refractivity contribution in [1.29, 1.82) is 0 Å². The fraction of sp³-hybridized carbons (Fsp3) is 0.222. The van der Waals surface area contributed by atoms with E-state index < -0.39 is 0 Å². The summed E-state index contributed by atoms with van der Waals surface area (Å²) in [5.74, 6) is 1.41. The highest BCUT2D eigenvalue weighted by atomic mass is 35.5. The van der Waals surface area contributed by atoms with E-state index in [2.05, 4.69) is 33.8 Å². The number of hydrogen-bond donors (Lipinski definition) is 1. The molecule has 0 aliphatic carbocycles. The minimum atomic E-state index is -0.121. The van der Waals surface area contributed by atoms with Crippen molar-refractivity contribution in [2.75, 3.05) is 25.1 Å². The number of aromatic nitrogens is 3. The molecule has 3 heterocycles. The smallest absolute Gasteiger partial charge is 0.325 e. The van der Waals surface area contributed by atoms with E-state index in [0.717, 1.165) is 33.9 Å². The molecule has 0 spiro atoms. The zero-order chi connectivity index (χ0) is 24.4. The van der Waals surface area contributed by atoms with Gasteiger partial charge in [-0.3, -0.25) is 9.88 Å². The Balaban J connectivity index is 1.62. The van der Waals surface area contributed by atoms with Crippen LogP contribution in [-0.4, -0.2) is 50.8 Å². The van der Waals surface area contributed by atoms with Crippen LogP contribution in [0.25, 0.3) is 22.5 Å². The largest absolute Gasteiger partial charge is 0.396 e. The molecule has 2 aromatic carbocycles. The predicted octanol–water partition coefficient (Wildman–Crippen LogP) is 5.07. The standard InChI is InChI=1S/C27H26ClN5O2/c1-31-26-24(18-32(27(31)35)13-6-14-34)33(17-23-12-11-22(28)16-29-23)25(30-26)21-10-5-9-20(15-21)19-7-3-2-4-8-19/h2-5,7-12,15-16,34H,6,13-14,17-18H2,1H3. The Bertz CT molecular complexity index is 1340. The summed E-state index contributed by atoms with van der Waals surface area (Å²) < 4.78 is 2.13. The van der Waals surface area contributed by atoms with Crippen LogP contribution in [0, 0.1) is 0 Å². The number of rotatable bonds is 7. The van der Waals surface area contributed by atoms with Gasteiger partial charge in [-0.15, -0.1) is 0 Å². The zero-order valence-corrected chi connectivity index (χ0v) is 20.2. The Morgan fingerprint density at radius 1 is 1.00 bits per heavy atom. The maximum atomic E-state index is 13.0. The van der Waals surface area contributed by atoms with Gasteiger partial charge in [0.25, 0.3) is 0 Å². The van der Waals surface area contributed by atoms with Gasteiger partial charge in [0.1, 0.15) is 5.82 Å². The third-order valence-electron chi connectivity index (χ3n) is 6.19. The summed E-state index contributed by atoms with van der Waals surface area (Å²) in [7, 11) is 1.74. The first-order chi connectivity index (χ1) is 17.0. The maximum Gasteiger partial charge on any atom is 0.325 e. The van der Waals surface area contributed by atoms with Crippen molar-refractivity contribution in [3.05, 3.63) is 89.3 Å². The second-order valence-corrected chi connectivity index (χ2v) is 8.98. The van der Waals surface area contributed by atoms with E-state index in [-0.39, 0.29) is 12.6 Å². The highest BCUT2D eigenvalue weighted by molar-refractivity contribution is 6.30. The number of halogens is 1. The van der Waals surface area contributed by atoms with Gasteiger partial charge in [-0.1, -0.05) is 60.1 Å². The molecule has 0 radical (unpaired) electrons. The number of amides is 2. The SMILES string of the molecule is CN1C(=O)N(CCCO)Cc2c1nc(-c1cccc(-c3ccccc3)c1)n2Cc1ccc(Cl)cn1. The molecule has 1 aliphatic rings. The van der Waals surface area contributed by atoms with Crippen LogP contribution in [0.4, 0.5) is 10.6 Å². The number of imidazole rings is 1. The quantitative estimate of drug-likeness (QED) is 0.395. The highest BCUT2D eigenvalue weighted by Gasteiger charge is 2.33. The average Bonchev–Trinajstić information content (AvgIpc) is 3.25. The van der Waals surface area contributed by atoms with Gasteiger partial charge in [-0.05, 0) is 35.7 Å². The van der Waals surface area contributed by atoms with Crippen molar-refractivity contribution < 1.29 is 9.90 Å². The molecule has 7 nitrogen and oxygen atoms in total. The Morgan fingerprint density at radius 3 is 2.51 bits per heavy atom. The minimum absolute atomic E-state index is 0.0336. The number of nitrogens with zero attached hydrogens (tertiary/aromatic N) is 5. The van der Waals surface area contributed by atoms with Crippen LogP contribution in [0.2, 0.25) is 5.02 Å². The highest BCUT2D eigenvalue weighted by Crippen LogP contribution is 2.34. The fourth-order valence-electron chi connectivity index (χ4n) is 4.41. The topological polar surface area (TPSA) is 74.5 Å². The fourth-order valence-corrected chi connectivity index (χ4v) is 4.52. The lowest BCUT2D eigenvalue weighted by Crippen LogP contribution is -2.46. The number of aliphatic hydroxyl groups excluding tert-OH is 1. The van der Waals surface area contributed by atoms with Crippen LogP contribution in [-0.2, 0) is 13.1 Å². The van der Waals surface area contributed by atoms with Crippen LogP contribution in [0.1, 0.15) is 17.8 Å². The Kier molecular flexibility index (Phi) is 6.53. The first-order valence-electron chi connectivity index (χ1n) is 11.5. The van der Waals surface area contributed by atoms with Gasteiger partial charge in [0, 0.05) is 32.0 Å². The number of urea groups is 1. The number of benzene rings is 2. The predicted molar refractivity (Wildman–Crippen MR) is 137 cm³/mol. The number of carbonyl (C=O) groups excluding carboxylic acids is 1. The monoisotopic (exact) mass is 487 g/mol. The number of carbonyl (C=O) groups is 1. The van der Waals surface area contributed by atoms with Gasteiger partial charge in [0.05, 0.1) is 29.5 Å². The molecule has 0 saturated carbocycles. The second kappa shape index (κ2) is 9.90. The van der Waals surface area contributed by atoms with E-state index in [1.54, 1.807) is 23.0 Å². The Hall–Kier alpha value is -3.68. The first kappa shape index (κ1) is 23.1. The lowest BCUT2D eigenvalue weighted by atomic mass is 10.0. The van der Waals surface area contributed by atoms with Gasteiger partial charge < -0.3 is 14.6 Å². The molecule has 0 atom stereocenters. The molecule has 1 aliphatic heterocycles. The number of anilines is 1. The van der Waals surface area contributed by atoms with Crippen molar-refractivity contribution in [3.8, 4) is 22.5 Å². The summed E-state index contributed by atoms with van der Waals surface area (Å²) in [5, 5.41) is 9.88. The van der Waals surface area contributed by atoms with E-state index in [0.29, 0.717) is 36.9 Å². The summed E-state index contributed by atoms with van der Waals surface area (Å²) >= 11 is 6.06. The number of hydrogen-bond acceptors (Lipinski definition) is 4. The van der Waals surface area contributed by atoms with Gasteiger partial charge in [0.15, 0.2) is 5.82 Å². The average molecular weight is 488 g/mol. The minimum Gasteiger partial charge on any atom is -0.396 e. The van der Waals surface area contributed by atoms with E-state index in [4.69, 9.17) is 16.6 Å². The van der Waals surface area contributed by atoms with Crippen LogP contribution in [0.15, 0.2) is 72.9 Å². The molecule has 0 fully saturated rings. The normalized spacial score (nSPS) is 13.3. The number of aliphatic hydroxyl groups is 1. The lowest BCUT2D eigenvalue weighted by molar-refractivity contribution is 0.189. The molecule has 2 amide bonds. The summed E-state index contributed by atoms with van der Waals surface area (Å²) in [4.78, 5) is 25.8. The van der Waals surface area contributed by atoms with E-state index in [1.807, 2.05) is 42.5 Å². The molecule has 8 heteroatoms. The molecule has 0 unspecified atom stereocenters. The third-order valence-corrected chi connectivity index (χ3v) is 6.41. The lowest BCUT2D eigenvalue weighted by Gasteiger charge is -2.33. The number of pyridine rings is 1. The van der Waals surface area contributed by atoms with Crippen LogP contribution < -0.4 is 4.90 Å². The summed E-state index contributed by atoms with van der Waals surface area (Å²) in [5.41, 5.74) is 4.95. The third kappa shape index (κ3) is 4.65. The van der Waals surface area contributed by atoms with Crippen LogP contribution in [0.3, 0.4) is 0 Å². The second-order valence-electron chi connectivity index (χ2n) is 8.55. The molecule has 4 aromatic rings. The maximum absolute atomic E-state index is 13.0. The van der Waals surface area contributed by atoms with E-state index >= 15 is 0 Å². The summed E-state index contributed by atoms with van der Waals surface area (Å²) in [6.45, 7) is 1.41. The summed E-state index contributed by atoms with van der Waals surface area (Å²) in [6, 6.07) is 22.1. The Morgan fingerprint density at radius 2 is 1.77 bits per heavy atom. The molecule has 5 rings (SSSR count). The van der Waals surface area contributed by atoms with Crippen molar-refractivity contribution in [2.45, 2.75) is 19.5 Å². The van der Waals surface area contributed by atoms with Gasteiger partial charge >= 0.3 is 6.03 Å². The van der Waals surface area contributed by atoms with Gasteiger partial charge in [-0.2, -0.15) is 0 Å². The summed E-state index contributed by atoms with van der Waals surface area (Å²) in [6.07, 6.45) is 2.16.